The lowest BCUT2D eigenvalue weighted by atomic mass is 10.1. The number of hydrogen-bond donors (Lipinski definition) is 1. The van der Waals surface area contributed by atoms with E-state index in [-0.39, 0.29) is 6.04 Å². The van der Waals surface area contributed by atoms with Crippen LogP contribution in [0.1, 0.15) is 30.9 Å². The molecule has 1 unspecified atom stereocenters. The van der Waals surface area contributed by atoms with Gasteiger partial charge in [-0.15, -0.1) is 0 Å². The van der Waals surface area contributed by atoms with Crippen molar-refractivity contribution in [3.63, 3.8) is 0 Å². The molecule has 16 heavy (non-hydrogen) atoms. The number of benzene rings is 1. The first-order chi connectivity index (χ1) is 7.74. The molecule has 1 fully saturated rings. The Morgan fingerprint density at radius 1 is 1.12 bits per heavy atom. The van der Waals surface area contributed by atoms with E-state index < -0.39 is 0 Å². The van der Waals surface area contributed by atoms with Crippen LogP contribution in [0, 0.1) is 0 Å². The second kappa shape index (κ2) is 5.46. The van der Waals surface area contributed by atoms with Gasteiger partial charge < -0.3 is 5.73 Å². The molecule has 0 aromatic heterocycles. The Morgan fingerprint density at radius 3 is 2.25 bits per heavy atom. The van der Waals surface area contributed by atoms with E-state index in [2.05, 4.69) is 36.1 Å². The van der Waals surface area contributed by atoms with Gasteiger partial charge in [0.05, 0.1) is 0 Å². The summed E-state index contributed by atoms with van der Waals surface area (Å²) >= 11 is 0. The number of rotatable bonds is 4. The lowest BCUT2D eigenvalue weighted by molar-refractivity contribution is 0.331. The Balaban J connectivity index is 1.90. The molecule has 1 atom stereocenters. The van der Waals surface area contributed by atoms with Gasteiger partial charge in [-0.3, -0.25) is 4.90 Å². The average Bonchev–Trinajstić information content (AvgIpc) is 2.73. The van der Waals surface area contributed by atoms with Crippen molar-refractivity contribution in [1.82, 2.24) is 4.90 Å². The van der Waals surface area contributed by atoms with Crippen molar-refractivity contribution in [2.75, 3.05) is 13.1 Å². The highest BCUT2D eigenvalue weighted by molar-refractivity contribution is 5.23. The number of nitrogens with zero attached hydrogens (tertiary/aromatic N) is 1. The zero-order chi connectivity index (χ0) is 11.4. The van der Waals surface area contributed by atoms with Crippen molar-refractivity contribution in [2.24, 2.45) is 5.73 Å². The second-order valence-electron chi connectivity index (χ2n) is 4.98. The predicted octanol–water partition coefficient (Wildman–Crippen LogP) is 2.17. The summed E-state index contributed by atoms with van der Waals surface area (Å²) < 4.78 is 0. The Labute approximate surface area is 98.4 Å². The topological polar surface area (TPSA) is 29.3 Å². The highest BCUT2D eigenvalue weighted by atomic mass is 15.1. The van der Waals surface area contributed by atoms with Crippen molar-refractivity contribution in [3.8, 4) is 0 Å². The molecule has 1 saturated heterocycles. The molecule has 1 aliphatic heterocycles. The van der Waals surface area contributed by atoms with Gasteiger partial charge in [0.25, 0.3) is 0 Å². The highest BCUT2D eigenvalue weighted by Crippen LogP contribution is 2.13. The number of nitrogens with two attached hydrogens (primary N) is 1. The maximum absolute atomic E-state index is 5.79. The van der Waals surface area contributed by atoms with Gasteiger partial charge in [0.2, 0.25) is 0 Å². The molecular weight excluding hydrogens is 196 g/mol. The molecule has 1 heterocycles. The van der Waals surface area contributed by atoms with Crippen LogP contribution in [-0.2, 0) is 13.0 Å². The van der Waals surface area contributed by atoms with Gasteiger partial charge >= 0.3 is 0 Å². The summed E-state index contributed by atoms with van der Waals surface area (Å²) in [5.41, 5.74) is 8.56. The van der Waals surface area contributed by atoms with Crippen LogP contribution < -0.4 is 5.73 Å². The molecule has 0 amide bonds. The molecule has 1 aromatic rings. The van der Waals surface area contributed by atoms with Crippen LogP contribution in [0.4, 0.5) is 0 Å². The first-order valence-electron chi connectivity index (χ1n) is 6.30. The Morgan fingerprint density at radius 2 is 1.69 bits per heavy atom. The molecule has 0 aliphatic carbocycles. The molecule has 0 saturated carbocycles. The van der Waals surface area contributed by atoms with Crippen molar-refractivity contribution < 1.29 is 0 Å². The van der Waals surface area contributed by atoms with E-state index in [1.165, 1.54) is 37.1 Å². The number of likely N-dealkylation sites (tertiary alicyclic amines) is 1. The zero-order valence-corrected chi connectivity index (χ0v) is 10.2. The van der Waals surface area contributed by atoms with Gasteiger partial charge in [0.15, 0.2) is 0 Å². The van der Waals surface area contributed by atoms with Gasteiger partial charge in [0, 0.05) is 12.6 Å². The molecule has 1 aromatic carbocycles. The standard InChI is InChI=1S/C14H22N2/c1-12(15)10-13-4-6-14(7-5-13)11-16-8-2-3-9-16/h4-7,12H,2-3,8-11,15H2,1H3. The fourth-order valence-electron chi connectivity index (χ4n) is 2.35. The predicted molar refractivity (Wildman–Crippen MR) is 68.3 cm³/mol. The SMILES string of the molecule is CC(N)Cc1ccc(CN2CCCC2)cc1. The normalized spacial score (nSPS) is 18.9. The molecule has 2 nitrogen and oxygen atoms in total. The van der Waals surface area contributed by atoms with E-state index in [9.17, 15) is 0 Å². The van der Waals surface area contributed by atoms with E-state index in [1.54, 1.807) is 0 Å². The maximum Gasteiger partial charge on any atom is 0.0233 e. The average molecular weight is 218 g/mol. The minimum atomic E-state index is 0.254. The summed E-state index contributed by atoms with van der Waals surface area (Å²) in [5, 5.41) is 0. The van der Waals surface area contributed by atoms with Gasteiger partial charge in [-0.2, -0.15) is 0 Å². The molecule has 2 N–H and O–H groups in total. The molecule has 0 spiro atoms. The lowest BCUT2D eigenvalue weighted by Crippen LogP contribution is -2.19. The summed E-state index contributed by atoms with van der Waals surface area (Å²) in [5.74, 6) is 0. The Kier molecular flexibility index (Phi) is 3.97. The van der Waals surface area contributed by atoms with Crippen LogP contribution in [0.2, 0.25) is 0 Å². The summed E-state index contributed by atoms with van der Waals surface area (Å²) in [6, 6.07) is 9.18. The molecule has 1 aliphatic rings. The van der Waals surface area contributed by atoms with Crippen LogP contribution >= 0.6 is 0 Å². The third-order valence-electron chi connectivity index (χ3n) is 3.19. The monoisotopic (exact) mass is 218 g/mol. The molecule has 88 valence electrons. The van der Waals surface area contributed by atoms with Crippen LogP contribution in [0.3, 0.4) is 0 Å². The van der Waals surface area contributed by atoms with E-state index in [0.29, 0.717) is 0 Å². The van der Waals surface area contributed by atoms with Crippen molar-refractivity contribution >= 4 is 0 Å². The highest BCUT2D eigenvalue weighted by Gasteiger charge is 2.11. The fourth-order valence-corrected chi connectivity index (χ4v) is 2.35. The first kappa shape index (κ1) is 11.6. The Hall–Kier alpha value is -0.860. The molecule has 0 bridgehead atoms. The smallest absolute Gasteiger partial charge is 0.0233 e. The van der Waals surface area contributed by atoms with Gasteiger partial charge in [-0.05, 0) is 50.4 Å². The summed E-state index contributed by atoms with van der Waals surface area (Å²) in [4.78, 5) is 2.53. The first-order valence-corrected chi connectivity index (χ1v) is 6.30. The molecule has 2 rings (SSSR count). The van der Waals surface area contributed by atoms with E-state index in [0.717, 1.165) is 13.0 Å². The fraction of sp³-hybridized carbons (Fsp3) is 0.571. The van der Waals surface area contributed by atoms with Crippen molar-refractivity contribution in [2.45, 2.75) is 38.8 Å². The minimum Gasteiger partial charge on any atom is -0.328 e. The third-order valence-corrected chi connectivity index (χ3v) is 3.19. The van der Waals surface area contributed by atoms with Crippen LogP contribution in [0.25, 0.3) is 0 Å². The van der Waals surface area contributed by atoms with Gasteiger partial charge in [0.1, 0.15) is 0 Å². The lowest BCUT2D eigenvalue weighted by Gasteiger charge is -2.14. The molecule has 2 heteroatoms. The summed E-state index contributed by atoms with van der Waals surface area (Å²) in [7, 11) is 0. The molecule has 0 radical (unpaired) electrons. The number of hydrogen-bond acceptors (Lipinski definition) is 2. The van der Waals surface area contributed by atoms with Gasteiger partial charge in [-0.25, -0.2) is 0 Å². The van der Waals surface area contributed by atoms with Crippen molar-refractivity contribution in [1.29, 1.82) is 0 Å². The van der Waals surface area contributed by atoms with Crippen LogP contribution in [0.15, 0.2) is 24.3 Å². The van der Waals surface area contributed by atoms with Crippen molar-refractivity contribution in [3.05, 3.63) is 35.4 Å². The largest absolute Gasteiger partial charge is 0.328 e. The minimum absolute atomic E-state index is 0.254. The summed E-state index contributed by atoms with van der Waals surface area (Å²) in [6.07, 6.45) is 3.70. The third kappa shape index (κ3) is 3.32. The quantitative estimate of drug-likeness (QED) is 0.839. The summed E-state index contributed by atoms with van der Waals surface area (Å²) in [6.45, 7) is 5.69. The van der Waals surface area contributed by atoms with Crippen LogP contribution in [-0.4, -0.2) is 24.0 Å². The molecular formula is C14H22N2. The van der Waals surface area contributed by atoms with Gasteiger partial charge in [-0.1, -0.05) is 24.3 Å². The van der Waals surface area contributed by atoms with Crippen LogP contribution in [0.5, 0.6) is 0 Å². The Bertz CT molecular complexity index is 310. The zero-order valence-electron chi connectivity index (χ0n) is 10.2. The van der Waals surface area contributed by atoms with E-state index in [4.69, 9.17) is 5.73 Å². The van der Waals surface area contributed by atoms with E-state index in [1.807, 2.05) is 0 Å². The second-order valence-corrected chi connectivity index (χ2v) is 4.98. The maximum atomic E-state index is 5.79. The van der Waals surface area contributed by atoms with E-state index >= 15 is 0 Å².